The van der Waals surface area contributed by atoms with Crippen LogP contribution in [0.15, 0.2) is 42.5 Å². The molecule has 0 radical (unpaired) electrons. The van der Waals surface area contributed by atoms with Crippen molar-refractivity contribution in [1.82, 2.24) is 9.88 Å². The molecule has 7 heteroatoms. The molecular weight excluding hydrogens is 418 g/mol. The molecule has 1 heterocycles. The third-order valence-corrected chi connectivity index (χ3v) is 5.89. The molecule has 0 aliphatic carbocycles. The van der Waals surface area contributed by atoms with E-state index in [9.17, 15) is 9.59 Å². The van der Waals surface area contributed by atoms with Gasteiger partial charge in [0.1, 0.15) is 0 Å². The fourth-order valence-electron chi connectivity index (χ4n) is 3.12. The molecule has 160 valence electrons. The molecule has 30 heavy (non-hydrogen) atoms. The van der Waals surface area contributed by atoms with Crippen LogP contribution in [0.25, 0.3) is 10.2 Å². The number of ketones is 1. The van der Waals surface area contributed by atoms with Crippen LogP contribution in [0.1, 0.15) is 46.5 Å². The van der Waals surface area contributed by atoms with Gasteiger partial charge in [0.2, 0.25) is 0 Å². The van der Waals surface area contributed by atoms with Crippen molar-refractivity contribution in [2.75, 3.05) is 32.1 Å². The molecule has 1 aromatic heterocycles. The summed E-state index contributed by atoms with van der Waals surface area (Å²) in [4.78, 5) is 33.4. The molecule has 1 amide bonds. The summed E-state index contributed by atoms with van der Waals surface area (Å²) in [6.45, 7) is 5.13. The Morgan fingerprint density at radius 2 is 1.67 bits per heavy atom. The Balaban J connectivity index is 0.00000320. The third-order valence-electron chi connectivity index (χ3n) is 4.85. The number of nitrogens with zero attached hydrogens (tertiary/aromatic N) is 3. The topological polar surface area (TPSA) is 53.5 Å². The first-order valence-electron chi connectivity index (χ1n) is 9.86. The zero-order valence-corrected chi connectivity index (χ0v) is 19.5. The number of hydrogen-bond acceptors (Lipinski definition) is 5. The van der Waals surface area contributed by atoms with Gasteiger partial charge in [-0.05, 0) is 70.2 Å². The predicted octanol–water partition coefficient (Wildman–Crippen LogP) is 5.08. The Bertz CT molecular complexity index is 1010. The van der Waals surface area contributed by atoms with E-state index in [0.29, 0.717) is 22.8 Å². The molecule has 0 fully saturated rings. The minimum absolute atomic E-state index is 0. The van der Waals surface area contributed by atoms with Crippen LogP contribution < -0.4 is 4.90 Å². The number of rotatable bonds is 8. The van der Waals surface area contributed by atoms with E-state index in [1.54, 1.807) is 40.5 Å². The van der Waals surface area contributed by atoms with E-state index in [1.807, 2.05) is 20.2 Å². The number of aromatic nitrogens is 1. The summed E-state index contributed by atoms with van der Waals surface area (Å²) in [5, 5.41) is 0.715. The van der Waals surface area contributed by atoms with Crippen LogP contribution in [0.4, 0.5) is 5.13 Å². The van der Waals surface area contributed by atoms with Gasteiger partial charge in [0.05, 0.1) is 10.2 Å². The number of carbonyl (C=O) groups is 2. The fraction of sp³-hybridized carbons (Fsp3) is 0.348. The predicted molar refractivity (Wildman–Crippen MR) is 128 cm³/mol. The molecule has 0 atom stereocenters. The first-order valence-corrected chi connectivity index (χ1v) is 10.7. The Morgan fingerprint density at radius 3 is 2.27 bits per heavy atom. The van der Waals surface area contributed by atoms with Crippen molar-refractivity contribution in [2.45, 2.75) is 26.7 Å². The maximum absolute atomic E-state index is 13.3. The maximum Gasteiger partial charge on any atom is 0.260 e. The Morgan fingerprint density at radius 1 is 1.00 bits per heavy atom. The molecule has 0 spiro atoms. The molecule has 0 saturated carbocycles. The van der Waals surface area contributed by atoms with Crippen LogP contribution in [0.5, 0.6) is 0 Å². The lowest BCUT2D eigenvalue weighted by molar-refractivity contribution is 0.0981. The minimum Gasteiger partial charge on any atom is -0.309 e. The van der Waals surface area contributed by atoms with E-state index < -0.39 is 0 Å². The highest BCUT2D eigenvalue weighted by molar-refractivity contribution is 7.22. The van der Waals surface area contributed by atoms with Crippen LogP contribution in [0, 0.1) is 0 Å². The van der Waals surface area contributed by atoms with Gasteiger partial charge in [-0.15, -0.1) is 12.4 Å². The van der Waals surface area contributed by atoms with Gasteiger partial charge in [-0.2, -0.15) is 0 Å². The molecule has 0 N–H and O–H groups in total. The fourth-order valence-corrected chi connectivity index (χ4v) is 4.18. The normalized spacial score (nSPS) is 10.8. The summed E-state index contributed by atoms with van der Waals surface area (Å²) >= 11 is 1.55. The first-order chi connectivity index (χ1) is 13.9. The van der Waals surface area contributed by atoms with Gasteiger partial charge in [0.25, 0.3) is 5.91 Å². The molecule has 5 nitrogen and oxygen atoms in total. The smallest absolute Gasteiger partial charge is 0.260 e. The van der Waals surface area contributed by atoms with E-state index in [4.69, 9.17) is 4.98 Å². The van der Waals surface area contributed by atoms with Gasteiger partial charge in [-0.3, -0.25) is 14.5 Å². The second-order valence-corrected chi connectivity index (χ2v) is 8.41. The summed E-state index contributed by atoms with van der Waals surface area (Å²) in [6.07, 6.45) is 1.82. The van der Waals surface area contributed by atoms with Crippen LogP contribution in [0.3, 0.4) is 0 Å². The maximum atomic E-state index is 13.3. The zero-order valence-electron chi connectivity index (χ0n) is 17.8. The Hall–Kier alpha value is -2.28. The van der Waals surface area contributed by atoms with Crippen molar-refractivity contribution in [3.63, 3.8) is 0 Å². The van der Waals surface area contributed by atoms with Crippen molar-refractivity contribution in [3.05, 3.63) is 59.2 Å². The standard InChI is InChI=1S/C23H27N3O2S.ClH/c1-5-17-7-12-20-21(15-17)29-23(24-20)26(14-6-13-25(3)4)22(28)19-10-8-18(9-11-19)16(2)27;/h7-12,15H,5-6,13-14H2,1-4H3;1H. The summed E-state index contributed by atoms with van der Waals surface area (Å²) in [5.74, 6) is -0.0987. The molecule has 2 aromatic carbocycles. The number of aryl methyl sites for hydroxylation is 1. The van der Waals surface area contributed by atoms with Gasteiger partial charge >= 0.3 is 0 Å². The molecular formula is C23H28ClN3O2S. The molecule has 3 aromatic rings. The van der Waals surface area contributed by atoms with Crippen molar-refractivity contribution >= 4 is 50.8 Å². The summed E-state index contributed by atoms with van der Waals surface area (Å²) in [7, 11) is 4.05. The summed E-state index contributed by atoms with van der Waals surface area (Å²) < 4.78 is 1.09. The molecule has 0 aliphatic heterocycles. The number of hydrogen-bond donors (Lipinski definition) is 0. The minimum atomic E-state index is -0.0892. The number of thiazole rings is 1. The lowest BCUT2D eigenvalue weighted by Crippen LogP contribution is -2.33. The van der Waals surface area contributed by atoms with Gasteiger partial charge < -0.3 is 4.90 Å². The lowest BCUT2D eigenvalue weighted by atomic mass is 10.1. The highest BCUT2D eigenvalue weighted by Gasteiger charge is 2.21. The van der Waals surface area contributed by atoms with Crippen LogP contribution in [-0.2, 0) is 6.42 Å². The van der Waals surface area contributed by atoms with E-state index in [2.05, 4.69) is 24.0 Å². The number of amides is 1. The number of halogens is 1. The monoisotopic (exact) mass is 445 g/mol. The zero-order chi connectivity index (χ0) is 21.0. The number of benzene rings is 2. The highest BCUT2D eigenvalue weighted by Crippen LogP contribution is 2.31. The highest BCUT2D eigenvalue weighted by atomic mass is 35.5. The van der Waals surface area contributed by atoms with Crippen LogP contribution >= 0.6 is 23.7 Å². The summed E-state index contributed by atoms with van der Waals surface area (Å²) in [6, 6.07) is 13.1. The molecule has 0 bridgehead atoms. The quantitative estimate of drug-likeness (QED) is 0.453. The first kappa shape index (κ1) is 24.0. The number of Topliss-reactive ketones (excluding diaryl/α,β-unsaturated/α-hetero) is 1. The van der Waals surface area contributed by atoms with E-state index in [-0.39, 0.29) is 24.1 Å². The Labute approximate surface area is 188 Å². The van der Waals surface area contributed by atoms with Crippen molar-refractivity contribution in [3.8, 4) is 0 Å². The SMILES string of the molecule is CCc1ccc2nc(N(CCCN(C)C)C(=O)c3ccc(C(C)=O)cc3)sc2c1.Cl. The molecule has 0 unspecified atom stereocenters. The molecule has 0 saturated heterocycles. The average Bonchev–Trinajstić information content (AvgIpc) is 3.13. The van der Waals surface area contributed by atoms with Crippen molar-refractivity contribution in [2.24, 2.45) is 0 Å². The second-order valence-electron chi connectivity index (χ2n) is 7.40. The van der Waals surface area contributed by atoms with Crippen LogP contribution in [0.2, 0.25) is 0 Å². The number of fused-ring (bicyclic) bond motifs is 1. The number of anilines is 1. The lowest BCUT2D eigenvalue weighted by Gasteiger charge is -2.21. The molecule has 0 aliphatic rings. The van der Waals surface area contributed by atoms with E-state index in [0.717, 1.165) is 29.6 Å². The second kappa shape index (κ2) is 10.7. The average molecular weight is 446 g/mol. The van der Waals surface area contributed by atoms with Gasteiger partial charge in [0, 0.05) is 17.7 Å². The third kappa shape index (κ3) is 5.65. The largest absolute Gasteiger partial charge is 0.309 e. The van der Waals surface area contributed by atoms with Gasteiger partial charge in [0.15, 0.2) is 10.9 Å². The van der Waals surface area contributed by atoms with Crippen molar-refractivity contribution in [1.29, 1.82) is 0 Å². The number of carbonyl (C=O) groups excluding carboxylic acids is 2. The summed E-state index contributed by atoms with van der Waals surface area (Å²) in [5.41, 5.74) is 3.35. The van der Waals surface area contributed by atoms with Crippen molar-refractivity contribution < 1.29 is 9.59 Å². The van der Waals surface area contributed by atoms with Gasteiger partial charge in [-0.25, -0.2) is 4.98 Å². The Kier molecular flexibility index (Phi) is 8.53. The van der Waals surface area contributed by atoms with E-state index >= 15 is 0 Å². The van der Waals surface area contributed by atoms with Crippen LogP contribution in [-0.4, -0.2) is 48.8 Å². The van der Waals surface area contributed by atoms with E-state index in [1.165, 1.54) is 12.5 Å². The van der Waals surface area contributed by atoms with Gasteiger partial charge in [-0.1, -0.05) is 36.5 Å². The molecule has 3 rings (SSSR count).